The number of rotatable bonds is 8. The predicted octanol–water partition coefficient (Wildman–Crippen LogP) is 3.27. The highest BCUT2D eigenvalue weighted by Crippen LogP contribution is 2.17. The number of likely N-dealkylation sites (N-methyl/N-ethyl adjacent to an activating group) is 1. The summed E-state index contributed by atoms with van der Waals surface area (Å²) in [6.45, 7) is 6.73. The van der Waals surface area contributed by atoms with E-state index in [0.29, 0.717) is 18.9 Å². The molecule has 1 aromatic rings. The lowest BCUT2D eigenvalue weighted by Crippen LogP contribution is -2.52. The molecule has 1 aromatic carbocycles. The highest BCUT2D eigenvalue weighted by atomic mass is 35.5. The number of nitrogens with two attached hydrogens (primary N) is 1. The summed E-state index contributed by atoms with van der Waals surface area (Å²) in [5.41, 5.74) is 6.61. The van der Waals surface area contributed by atoms with Gasteiger partial charge in [0.2, 0.25) is 5.91 Å². The van der Waals surface area contributed by atoms with Crippen LogP contribution >= 0.6 is 12.4 Å². The lowest BCUT2D eigenvalue weighted by molar-refractivity contribution is -0.135. The number of methoxy groups -OCH3 is 1. The average molecular weight is 343 g/mol. The molecule has 1 amide bonds. The number of nitrogens with zero attached hydrogens (tertiary/aromatic N) is 1. The maximum absolute atomic E-state index is 12.4. The van der Waals surface area contributed by atoms with Crippen LogP contribution in [0.1, 0.15) is 39.2 Å². The first-order chi connectivity index (χ1) is 10.3. The highest BCUT2D eigenvalue weighted by molar-refractivity contribution is 5.85. The summed E-state index contributed by atoms with van der Waals surface area (Å²) in [4.78, 5) is 14.2. The zero-order chi connectivity index (χ0) is 16.8. The van der Waals surface area contributed by atoms with Gasteiger partial charge in [0, 0.05) is 13.6 Å². The number of ether oxygens (including phenoxy) is 1. The molecule has 2 N–H and O–H groups in total. The fourth-order valence-corrected chi connectivity index (χ4v) is 2.84. The maximum atomic E-state index is 12.4. The average Bonchev–Trinajstić information content (AvgIpc) is 2.47. The van der Waals surface area contributed by atoms with Crippen molar-refractivity contribution in [3.63, 3.8) is 0 Å². The Morgan fingerprint density at radius 2 is 1.91 bits per heavy atom. The van der Waals surface area contributed by atoms with E-state index in [1.54, 1.807) is 12.0 Å². The third-order valence-electron chi connectivity index (χ3n) is 3.93. The van der Waals surface area contributed by atoms with Crippen LogP contribution in [0.15, 0.2) is 24.3 Å². The van der Waals surface area contributed by atoms with Gasteiger partial charge in [-0.15, -0.1) is 12.4 Å². The smallest absolute Gasteiger partial charge is 0.242 e. The number of carbonyl (C=O) groups excluding carboxylic acids is 1. The number of hydrogen-bond acceptors (Lipinski definition) is 3. The van der Waals surface area contributed by atoms with E-state index in [2.05, 4.69) is 19.1 Å². The zero-order valence-electron chi connectivity index (χ0n) is 15.0. The van der Waals surface area contributed by atoms with Gasteiger partial charge in [0.15, 0.2) is 0 Å². The summed E-state index contributed by atoms with van der Waals surface area (Å²) in [5, 5.41) is 0. The number of carbonyl (C=O) groups is 1. The number of amides is 1. The van der Waals surface area contributed by atoms with E-state index in [1.165, 1.54) is 5.56 Å². The van der Waals surface area contributed by atoms with Gasteiger partial charge in [-0.2, -0.15) is 0 Å². The monoisotopic (exact) mass is 342 g/mol. The van der Waals surface area contributed by atoms with Crippen molar-refractivity contribution in [2.24, 2.45) is 11.7 Å². The third kappa shape index (κ3) is 6.80. The first-order valence-electron chi connectivity index (χ1n) is 7.97. The minimum Gasteiger partial charge on any atom is -0.497 e. The first-order valence-corrected chi connectivity index (χ1v) is 7.97. The Labute approximate surface area is 146 Å². The van der Waals surface area contributed by atoms with Crippen LogP contribution in [0.5, 0.6) is 5.75 Å². The van der Waals surface area contributed by atoms with Crippen molar-refractivity contribution in [3.05, 3.63) is 29.8 Å². The van der Waals surface area contributed by atoms with Gasteiger partial charge >= 0.3 is 0 Å². The second-order valence-electron chi connectivity index (χ2n) is 6.51. The zero-order valence-corrected chi connectivity index (χ0v) is 15.8. The third-order valence-corrected chi connectivity index (χ3v) is 3.93. The Morgan fingerprint density at radius 3 is 2.39 bits per heavy atom. The van der Waals surface area contributed by atoms with Crippen molar-refractivity contribution in [1.82, 2.24) is 4.90 Å². The molecule has 0 fully saturated rings. The molecule has 2 unspecified atom stereocenters. The van der Waals surface area contributed by atoms with Crippen LogP contribution in [0, 0.1) is 5.92 Å². The van der Waals surface area contributed by atoms with E-state index in [4.69, 9.17) is 10.5 Å². The molecule has 0 bridgehead atoms. The summed E-state index contributed by atoms with van der Waals surface area (Å²) in [5.74, 6) is 1.26. The molecule has 0 aliphatic carbocycles. The predicted molar refractivity (Wildman–Crippen MR) is 98.2 cm³/mol. The fraction of sp³-hybridized carbons (Fsp3) is 0.611. The molecule has 0 saturated carbocycles. The van der Waals surface area contributed by atoms with E-state index in [-0.39, 0.29) is 18.3 Å². The quantitative estimate of drug-likeness (QED) is 0.788. The standard InChI is InChI=1S/C18H30N2O2.ClH/c1-6-11-18(3,19)17(21)20(4)13-14(2)12-15-7-9-16(22-5)10-8-15;/h7-10,14H,6,11-13,19H2,1-5H3;1H. The van der Waals surface area contributed by atoms with Crippen LogP contribution in [-0.4, -0.2) is 37.0 Å². The van der Waals surface area contributed by atoms with Crippen LogP contribution in [-0.2, 0) is 11.2 Å². The van der Waals surface area contributed by atoms with E-state index < -0.39 is 5.54 Å². The Morgan fingerprint density at radius 1 is 1.35 bits per heavy atom. The highest BCUT2D eigenvalue weighted by Gasteiger charge is 2.30. The Bertz CT molecular complexity index is 474. The largest absolute Gasteiger partial charge is 0.497 e. The summed E-state index contributed by atoms with van der Waals surface area (Å²) >= 11 is 0. The van der Waals surface area contributed by atoms with Gasteiger partial charge in [-0.1, -0.05) is 32.4 Å². The van der Waals surface area contributed by atoms with Crippen molar-refractivity contribution in [2.75, 3.05) is 20.7 Å². The second-order valence-corrected chi connectivity index (χ2v) is 6.51. The molecule has 132 valence electrons. The lowest BCUT2D eigenvalue weighted by Gasteiger charge is -2.30. The molecular formula is C18H31ClN2O2. The van der Waals surface area contributed by atoms with Crippen molar-refractivity contribution < 1.29 is 9.53 Å². The minimum absolute atomic E-state index is 0. The van der Waals surface area contributed by atoms with E-state index >= 15 is 0 Å². The molecule has 0 aliphatic rings. The van der Waals surface area contributed by atoms with E-state index in [1.807, 2.05) is 33.0 Å². The van der Waals surface area contributed by atoms with E-state index in [0.717, 1.165) is 18.6 Å². The van der Waals surface area contributed by atoms with Gasteiger partial charge in [0.1, 0.15) is 5.75 Å². The van der Waals surface area contributed by atoms with Crippen molar-refractivity contribution >= 4 is 18.3 Å². The van der Waals surface area contributed by atoms with Gasteiger partial charge in [0.25, 0.3) is 0 Å². The Balaban J connectivity index is 0.00000484. The lowest BCUT2D eigenvalue weighted by atomic mass is 9.94. The molecule has 0 saturated heterocycles. The normalized spacial score (nSPS) is 14.3. The van der Waals surface area contributed by atoms with Crippen LogP contribution in [0.3, 0.4) is 0 Å². The van der Waals surface area contributed by atoms with Crippen molar-refractivity contribution in [2.45, 2.75) is 45.6 Å². The summed E-state index contributed by atoms with van der Waals surface area (Å²) < 4.78 is 5.16. The minimum atomic E-state index is -0.761. The molecular weight excluding hydrogens is 312 g/mol. The molecule has 2 atom stereocenters. The molecule has 0 aromatic heterocycles. The van der Waals surface area contributed by atoms with Gasteiger partial charge in [-0.3, -0.25) is 4.79 Å². The van der Waals surface area contributed by atoms with Crippen LogP contribution in [0.4, 0.5) is 0 Å². The Hall–Kier alpha value is -1.26. The van der Waals surface area contributed by atoms with Crippen molar-refractivity contribution in [3.8, 4) is 5.75 Å². The first kappa shape index (κ1) is 21.7. The van der Waals surface area contributed by atoms with Gasteiger partial charge in [-0.05, 0) is 43.4 Å². The molecule has 0 spiro atoms. The Kier molecular flexibility index (Phi) is 9.25. The van der Waals surface area contributed by atoms with Crippen LogP contribution in [0.2, 0.25) is 0 Å². The molecule has 0 radical (unpaired) electrons. The number of halogens is 1. The summed E-state index contributed by atoms with van der Waals surface area (Å²) in [6, 6.07) is 8.08. The second kappa shape index (κ2) is 9.78. The molecule has 0 aliphatic heterocycles. The number of hydrogen-bond donors (Lipinski definition) is 1. The number of benzene rings is 1. The maximum Gasteiger partial charge on any atom is 0.242 e. The molecule has 0 heterocycles. The topological polar surface area (TPSA) is 55.6 Å². The van der Waals surface area contributed by atoms with Gasteiger partial charge < -0.3 is 15.4 Å². The van der Waals surface area contributed by atoms with Gasteiger partial charge in [0.05, 0.1) is 12.6 Å². The SMILES string of the molecule is CCCC(C)(N)C(=O)N(C)CC(C)Cc1ccc(OC)cc1.Cl. The molecule has 1 rings (SSSR count). The molecule has 5 heteroatoms. The van der Waals surface area contributed by atoms with Crippen LogP contribution in [0.25, 0.3) is 0 Å². The summed E-state index contributed by atoms with van der Waals surface area (Å²) in [6.07, 6.45) is 2.55. The van der Waals surface area contributed by atoms with Crippen LogP contribution < -0.4 is 10.5 Å². The fourth-order valence-electron chi connectivity index (χ4n) is 2.84. The molecule has 23 heavy (non-hydrogen) atoms. The van der Waals surface area contributed by atoms with Crippen molar-refractivity contribution in [1.29, 1.82) is 0 Å². The van der Waals surface area contributed by atoms with E-state index in [9.17, 15) is 4.79 Å². The molecule has 4 nitrogen and oxygen atoms in total. The van der Waals surface area contributed by atoms with Gasteiger partial charge in [-0.25, -0.2) is 0 Å². The summed E-state index contributed by atoms with van der Waals surface area (Å²) in [7, 11) is 3.51.